The molecule has 0 fully saturated rings. The van der Waals surface area contributed by atoms with Gasteiger partial charge in [-0.3, -0.25) is 5.10 Å². The van der Waals surface area contributed by atoms with Gasteiger partial charge in [-0.2, -0.15) is 5.10 Å². The molecule has 0 aliphatic carbocycles. The number of quaternary nitrogens is 1. The molecule has 0 radical (unpaired) electrons. The maximum absolute atomic E-state index is 10.8. The number of nitrogens with zero attached hydrogens (tertiary/aromatic N) is 2. The van der Waals surface area contributed by atoms with Crippen LogP contribution in [-0.2, 0) is 0 Å². The van der Waals surface area contributed by atoms with E-state index in [1.54, 1.807) is 0 Å². The summed E-state index contributed by atoms with van der Waals surface area (Å²) in [6.45, 7) is 0. The molecule has 1 aliphatic rings. The zero-order valence-electron chi connectivity index (χ0n) is 5.35. The van der Waals surface area contributed by atoms with Crippen LogP contribution in [0.5, 0.6) is 0 Å². The Kier molecular flexibility index (Phi) is 1.30. The SMILES string of the molecule is [O-][N+]1([O-])C=Cc2[nH]ncc2S1. The summed E-state index contributed by atoms with van der Waals surface area (Å²) in [4.78, 5) is 0.595. The highest BCUT2D eigenvalue weighted by atomic mass is 32.2. The lowest BCUT2D eigenvalue weighted by molar-refractivity contribution is -0.617. The Morgan fingerprint density at radius 2 is 2.36 bits per heavy atom. The molecule has 0 amide bonds. The number of hydrogen-bond acceptors (Lipinski definition) is 4. The summed E-state index contributed by atoms with van der Waals surface area (Å²) in [5.41, 5.74) is 0.718. The van der Waals surface area contributed by atoms with E-state index in [9.17, 15) is 10.4 Å². The number of H-pyrrole nitrogens is 1. The fourth-order valence-corrected chi connectivity index (χ4v) is 1.52. The van der Waals surface area contributed by atoms with Crippen LogP contribution in [0.3, 0.4) is 0 Å². The van der Waals surface area contributed by atoms with Gasteiger partial charge in [-0.15, -0.1) is 0 Å². The zero-order valence-corrected chi connectivity index (χ0v) is 6.17. The smallest absolute Gasteiger partial charge is 0.122 e. The molecule has 0 saturated heterocycles. The van der Waals surface area contributed by atoms with Crippen molar-refractivity contribution in [2.45, 2.75) is 4.90 Å². The van der Waals surface area contributed by atoms with Gasteiger partial charge in [0.2, 0.25) is 0 Å². The van der Waals surface area contributed by atoms with E-state index in [0.717, 1.165) is 11.9 Å². The minimum atomic E-state index is -1.67. The summed E-state index contributed by atoms with van der Waals surface area (Å²) in [6, 6.07) is 0. The van der Waals surface area contributed by atoms with Crippen LogP contribution in [0, 0.1) is 10.4 Å². The molecule has 0 unspecified atom stereocenters. The molecule has 1 aromatic heterocycles. The molecule has 0 bridgehead atoms. The van der Waals surface area contributed by atoms with Crippen molar-refractivity contribution < 1.29 is 4.21 Å². The van der Waals surface area contributed by atoms with Crippen molar-refractivity contribution >= 4 is 18.0 Å². The van der Waals surface area contributed by atoms with Gasteiger partial charge in [-0.1, -0.05) is 0 Å². The van der Waals surface area contributed by atoms with Gasteiger partial charge in [0.1, 0.15) is 23.0 Å². The van der Waals surface area contributed by atoms with Crippen LogP contribution in [0.4, 0.5) is 0 Å². The first-order valence-corrected chi connectivity index (χ1v) is 3.68. The van der Waals surface area contributed by atoms with E-state index in [4.69, 9.17) is 0 Å². The Balaban J connectivity index is 2.44. The first-order valence-electron chi connectivity index (χ1n) is 2.90. The predicted octanol–water partition coefficient (Wildman–Crippen LogP) is 1.21. The third-order valence-electron chi connectivity index (χ3n) is 1.28. The third kappa shape index (κ3) is 1.16. The van der Waals surface area contributed by atoms with Crippen LogP contribution in [0.25, 0.3) is 6.08 Å². The minimum absolute atomic E-state index is 0.595. The number of hydrogen-bond donors (Lipinski definition) is 1. The van der Waals surface area contributed by atoms with E-state index in [1.165, 1.54) is 12.3 Å². The van der Waals surface area contributed by atoms with E-state index >= 15 is 0 Å². The van der Waals surface area contributed by atoms with Crippen LogP contribution in [0.15, 0.2) is 17.3 Å². The summed E-state index contributed by atoms with van der Waals surface area (Å²) >= 11 is 0.667. The lowest BCUT2D eigenvalue weighted by Crippen LogP contribution is -2.20. The lowest BCUT2D eigenvalue weighted by Gasteiger charge is -2.40. The molecule has 11 heavy (non-hydrogen) atoms. The van der Waals surface area contributed by atoms with Crippen molar-refractivity contribution in [1.82, 2.24) is 10.2 Å². The van der Waals surface area contributed by atoms with Crippen LogP contribution in [0.2, 0.25) is 0 Å². The van der Waals surface area contributed by atoms with Crippen LogP contribution < -0.4 is 0 Å². The molecular weight excluding hydrogens is 166 g/mol. The van der Waals surface area contributed by atoms with E-state index in [-0.39, 0.29) is 0 Å². The second kappa shape index (κ2) is 2.08. The van der Waals surface area contributed by atoms with Gasteiger partial charge in [0.05, 0.1) is 11.9 Å². The first-order chi connectivity index (χ1) is 5.17. The van der Waals surface area contributed by atoms with Gasteiger partial charge in [0.15, 0.2) is 0 Å². The summed E-state index contributed by atoms with van der Waals surface area (Å²) in [7, 11) is 0. The molecule has 6 heteroatoms. The first kappa shape index (κ1) is 6.86. The number of aromatic nitrogens is 2. The molecular formula is C5H4N3O2S-. The Hall–Kier alpha value is -0.820. The highest BCUT2D eigenvalue weighted by Crippen LogP contribution is 2.35. The Morgan fingerprint density at radius 3 is 3.18 bits per heavy atom. The quantitative estimate of drug-likeness (QED) is 0.361. The van der Waals surface area contributed by atoms with Crippen molar-refractivity contribution in [3.8, 4) is 0 Å². The number of nitrogens with one attached hydrogen (secondary N) is 1. The average molecular weight is 170 g/mol. The molecule has 2 rings (SSSR count). The van der Waals surface area contributed by atoms with Crippen LogP contribution in [-0.4, -0.2) is 14.4 Å². The lowest BCUT2D eigenvalue weighted by atomic mass is 10.4. The highest BCUT2D eigenvalue weighted by molar-refractivity contribution is 7.94. The van der Waals surface area contributed by atoms with Crippen molar-refractivity contribution in [1.29, 1.82) is 0 Å². The molecule has 0 saturated carbocycles. The largest absolute Gasteiger partial charge is 0.614 e. The van der Waals surface area contributed by atoms with E-state index < -0.39 is 4.21 Å². The van der Waals surface area contributed by atoms with Gasteiger partial charge < -0.3 is 14.6 Å². The fourth-order valence-electron chi connectivity index (χ4n) is 0.811. The number of hydroxylamine groups is 2. The van der Waals surface area contributed by atoms with E-state index in [1.807, 2.05) is 0 Å². The third-order valence-corrected chi connectivity index (χ3v) is 2.18. The van der Waals surface area contributed by atoms with Gasteiger partial charge >= 0.3 is 0 Å². The summed E-state index contributed by atoms with van der Waals surface area (Å²) in [5, 5.41) is 27.9. The molecule has 1 aromatic rings. The maximum atomic E-state index is 10.8. The van der Waals surface area contributed by atoms with Gasteiger partial charge in [0.25, 0.3) is 0 Å². The predicted molar refractivity (Wildman–Crippen MR) is 40.5 cm³/mol. The van der Waals surface area contributed by atoms with Crippen LogP contribution >= 0.6 is 11.9 Å². The molecule has 0 aromatic carbocycles. The van der Waals surface area contributed by atoms with Gasteiger partial charge in [-0.05, 0) is 0 Å². The topological polar surface area (TPSA) is 74.8 Å². The molecule has 2 heterocycles. The Labute approximate surface area is 66.6 Å². The van der Waals surface area contributed by atoms with Crippen molar-refractivity contribution in [3.05, 3.63) is 28.5 Å². The van der Waals surface area contributed by atoms with Crippen molar-refractivity contribution in [3.63, 3.8) is 0 Å². The summed E-state index contributed by atoms with van der Waals surface area (Å²) in [6.07, 6.45) is 3.93. The molecule has 1 N–H and O–H groups in total. The van der Waals surface area contributed by atoms with Gasteiger partial charge in [0, 0.05) is 6.08 Å². The van der Waals surface area contributed by atoms with Crippen LogP contribution in [0.1, 0.15) is 5.69 Å². The number of rotatable bonds is 0. The number of fused-ring (bicyclic) bond motifs is 1. The Bertz CT molecular complexity index is 306. The normalized spacial score (nSPS) is 19.8. The summed E-state index contributed by atoms with van der Waals surface area (Å²) < 4.78 is -1.67. The van der Waals surface area contributed by atoms with E-state index in [0.29, 0.717) is 16.8 Å². The van der Waals surface area contributed by atoms with Gasteiger partial charge in [-0.25, -0.2) is 0 Å². The monoisotopic (exact) mass is 170 g/mol. The molecule has 0 spiro atoms. The highest BCUT2D eigenvalue weighted by Gasteiger charge is 2.16. The zero-order chi connectivity index (χ0) is 7.90. The van der Waals surface area contributed by atoms with Crippen molar-refractivity contribution in [2.24, 2.45) is 0 Å². The average Bonchev–Trinajstić information content (AvgIpc) is 2.31. The second-order valence-electron chi connectivity index (χ2n) is 2.09. The summed E-state index contributed by atoms with van der Waals surface area (Å²) in [5.74, 6) is 0. The minimum Gasteiger partial charge on any atom is -0.614 e. The molecule has 58 valence electrons. The molecule has 5 nitrogen and oxygen atoms in total. The number of aromatic amines is 1. The molecule has 0 atom stereocenters. The second-order valence-corrected chi connectivity index (χ2v) is 3.23. The standard InChI is InChI=1S/C5H4N3O2S/c9-8(10)2-1-4-5(11-8)3-6-7-4/h1-3H,(H,6,7)/q-1. The van der Waals surface area contributed by atoms with E-state index in [2.05, 4.69) is 10.2 Å². The molecule has 1 aliphatic heterocycles. The maximum Gasteiger partial charge on any atom is 0.122 e. The van der Waals surface area contributed by atoms with Crippen molar-refractivity contribution in [2.75, 3.05) is 0 Å². The Morgan fingerprint density at radius 1 is 1.55 bits per heavy atom. The fraction of sp³-hybridized carbons (Fsp3) is 0.